The highest BCUT2D eigenvalue weighted by Gasteiger charge is 2.18. The first-order valence-corrected chi connectivity index (χ1v) is 4.35. The summed E-state index contributed by atoms with van der Waals surface area (Å²) in [5.41, 5.74) is 8.04. The third-order valence-electron chi connectivity index (χ3n) is 2.28. The van der Waals surface area contributed by atoms with Gasteiger partial charge in [-0.3, -0.25) is 4.79 Å². The molecule has 0 aromatic heterocycles. The molecule has 0 aliphatic heterocycles. The average Bonchev–Trinajstić information content (AvgIpc) is 2.05. The lowest BCUT2D eigenvalue weighted by molar-refractivity contribution is -0.121. The number of ketones is 1. The number of rotatable bonds is 3. The van der Waals surface area contributed by atoms with Crippen molar-refractivity contribution in [2.45, 2.75) is 32.1 Å². The van der Waals surface area contributed by atoms with E-state index in [9.17, 15) is 4.79 Å². The van der Waals surface area contributed by atoms with Crippen LogP contribution in [-0.2, 0) is 4.79 Å². The van der Waals surface area contributed by atoms with Gasteiger partial charge in [0.2, 0.25) is 0 Å². The first-order chi connectivity index (χ1) is 5.83. The monoisotopic (exact) mass is 167 g/mol. The van der Waals surface area contributed by atoms with E-state index >= 15 is 0 Å². The molecule has 0 heterocycles. The highest BCUT2D eigenvalue weighted by atomic mass is 16.1. The van der Waals surface area contributed by atoms with Crippen LogP contribution in [-0.4, -0.2) is 12.3 Å². The van der Waals surface area contributed by atoms with Crippen LogP contribution in [0.2, 0.25) is 0 Å². The minimum Gasteiger partial charge on any atom is -0.300 e. The molecule has 0 amide bonds. The van der Waals surface area contributed by atoms with Gasteiger partial charge in [-0.25, -0.2) is 0 Å². The fourth-order valence-electron chi connectivity index (χ4n) is 1.65. The smallest absolute Gasteiger partial charge is 0.133 e. The lowest BCUT2D eigenvalue weighted by atomic mass is 9.86. The quantitative estimate of drug-likeness (QED) is 0.361. The second-order valence-electron chi connectivity index (χ2n) is 3.24. The first-order valence-electron chi connectivity index (χ1n) is 4.35. The van der Waals surface area contributed by atoms with E-state index in [-0.39, 0.29) is 0 Å². The molecule has 0 saturated heterocycles. The molecule has 0 radical (unpaired) electrons. The van der Waals surface area contributed by atoms with Crippen molar-refractivity contribution < 1.29 is 4.79 Å². The maximum atomic E-state index is 11.0. The van der Waals surface area contributed by atoms with Crippen LogP contribution in [0.15, 0.2) is 5.11 Å². The lowest BCUT2D eigenvalue weighted by Crippen LogP contribution is -2.15. The second-order valence-corrected chi connectivity index (χ2v) is 3.24. The third-order valence-corrected chi connectivity index (χ3v) is 2.28. The molecule has 0 N–H and O–H groups in total. The van der Waals surface area contributed by atoms with Gasteiger partial charge in [0.1, 0.15) is 5.78 Å². The molecule has 1 rings (SSSR count). The summed E-state index contributed by atoms with van der Waals surface area (Å²) in [6.07, 6.45) is 4.45. The summed E-state index contributed by atoms with van der Waals surface area (Å²) in [6.45, 7) is 0.536. The van der Waals surface area contributed by atoms with Gasteiger partial charge in [-0.05, 0) is 30.7 Å². The van der Waals surface area contributed by atoms with Crippen molar-refractivity contribution in [1.29, 1.82) is 0 Å². The summed E-state index contributed by atoms with van der Waals surface area (Å²) in [5, 5.41) is 3.46. The van der Waals surface area contributed by atoms with Crippen LogP contribution in [0.3, 0.4) is 0 Å². The fourth-order valence-corrected chi connectivity index (χ4v) is 1.65. The number of carbonyl (C=O) groups is 1. The standard InChI is InChI=1S/C8H13N3O/c9-11-10-5-4-7-2-1-3-8(12)6-7/h7H,1-6H2. The Morgan fingerprint density at radius 1 is 1.67 bits per heavy atom. The van der Waals surface area contributed by atoms with Crippen molar-refractivity contribution in [3.8, 4) is 0 Å². The Morgan fingerprint density at radius 2 is 2.50 bits per heavy atom. The van der Waals surface area contributed by atoms with E-state index in [1.807, 2.05) is 0 Å². The fraction of sp³-hybridized carbons (Fsp3) is 0.875. The summed E-state index contributed by atoms with van der Waals surface area (Å²) < 4.78 is 0. The number of azide groups is 1. The van der Waals surface area contributed by atoms with Crippen molar-refractivity contribution >= 4 is 5.78 Å². The molecule has 0 aromatic rings. The molecule has 0 spiro atoms. The van der Waals surface area contributed by atoms with Crippen LogP contribution in [0.25, 0.3) is 10.4 Å². The van der Waals surface area contributed by atoms with Crippen molar-refractivity contribution in [3.63, 3.8) is 0 Å². The summed E-state index contributed by atoms with van der Waals surface area (Å²) in [4.78, 5) is 13.7. The molecule has 1 aliphatic rings. The molecule has 66 valence electrons. The lowest BCUT2D eigenvalue weighted by Gasteiger charge is -2.19. The molecular weight excluding hydrogens is 154 g/mol. The normalized spacial score (nSPS) is 23.3. The van der Waals surface area contributed by atoms with Crippen LogP contribution in [0, 0.1) is 5.92 Å². The van der Waals surface area contributed by atoms with Crippen LogP contribution in [0.1, 0.15) is 32.1 Å². The van der Waals surface area contributed by atoms with Gasteiger partial charge in [0, 0.05) is 24.3 Å². The Hall–Kier alpha value is -1.02. The van der Waals surface area contributed by atoms with Gasteiger partial charge < -0.3 is 0 Å². The second kappa shape index (κ2) is 4.78. The van der Waals surface area contributed by atoms with Gasteiger partial charge in [0.25, 0.3) is 0 Å². The zero-order chi connectivity index (χ0) is 8.81. The number of Topliss-reactive ketones (excluding diaryl/α,β-unsaturated/α-hetero) is 1. The van der Waals surface area contributed by atoms with Gasteiger partial charge in [-0.2, -0.15) is 0 Å². The molecule has 1 fully saturated rings. The molecule has 1 saturated carbocycles. The molecule has 12 heavy (non-hydrogen) atoms. The van der Waals surface area contributed by atoms with Crippen LogP contribution >= 0.6 is 0 Å². The number of hydrogen-bond donors (Lipinski definition) is 0. The summed E-state index contributed by atoms with van der Waals surface area (Å²) in [5.74, 6) is 0.837. The predicted molar refractivity (Wildman–Crippen MR) is 45.6 cm³/mol. The van der Waals surface area contributed by atoms with E-state index in [2.05, 4.69) is 10.0 Å². The van der Waals surface area contributed by atoms with E-state index < -0.39 is 0 Å². The van der Waals surface area contributed by atoms with E-state index in [0.717, 1.165) is 25.7 Å². The predicted octanol–water partition coefficient (Wildman–Crippen LogP) is 2.45. The molecule has 1 unspecified atom stereocenters. The summed E-state index contributed by atoms with van der Waals surface area (Å²) in [6, 6.07) is 0. The van der Waals surface area contributed by atoms with Crippen molar-refractivity contribution in [2.24, 2.45) is 11.0 Å². The first kappa shape index (κ1) is 9.07. The SMILES string of the molecule is [N-]=[N+]=NCCC1CCCC(=O)C1. The molecule has 0 bridgehead atoms. The van der Waals surface area contributed by atoms with Crippen LogP contribution < -0.4 is 0 Å². The molecular formula is C8H13N3O. The van der Waals surface area contributed by atoms with Crippen molar-refractivity contribution in [2.75, 3.05) is 6.54 Å². The van der Waals surface area contributed by atoms with Gasteiger partial charge in [0.05, 0.1) is 0 Å². The summed E-state index contributed by atoms with van der Waals surface area (Å²) in [7, 11) is 0. The van der Waals surface area contributed by atoms with E-state index in [1.54, 1.807) is 0 Å². The minimum absolute atomic E-state index is 0.368. The number of nitrogens with zero attached hydrogens (tertiary/aromatic N) is 3. The Morgan fingerprint density at radius 3 is 3.17 bits per heavy atom. The molecule has 1 atom stereocenters. The van der Waals surface area contributed by atoms with Gasteiger partial charge >= 0.3 is 0 Å². The van der Waals surface area contributed by atoms with Gasteiger partial charge in [0.15, 0.2) is 0 Å². The van der Waals surface area contributed by atoms with E-state index in [0.29, 0.717) is 24.7 Å². The molecule has 0 aromatic carbocycles. The Balaban J connectivity index is 2.22. The molecule has 4 heteroatoms. The zero-order valence-electron chi connectivity index (χ0n) is 7.07. The van der Waals surface area contributed by atoms with Crippen LogP contribution in [0.4, 0.5) is 0 Å². The van der Waals surface area contributed by atoms with E-state index in [1.165, 1.54) is 0 Å². The highest BCUT2D eigenvalue weighted by Crippen LogP contribution is 2.23. The highest BCUT2D eigenvalue weighted by molar-refractivity contribution is 5.79. The largest absolute Gasteiger partial charge is 0.300 e. The Kier molecular flexibility index (Phi) is 3.61. The Labute approximate surface area is 71.6 Å². The van der Waals surface area contributed by atoms with Gasteiger partial charge in [-0.15, -0.1) is 0 Å². The van der Waals surface area contributed by atoms with Crippen molar-refractivity contribution in [3.05, 3.63) is 10.4 Å². The molecule has 4 nitrogen and oxygen atoms in total. The maximum Gasteiger partial charge on any atom is 0.133 e. The average molecular weight is 167 g/mol. The third kappa shape index (κ3) is 2.93. The topological polar surface area (TPSA) is 65.8 Å². The maximum absolute atomic E-state index is 11.0. The molecule has 1 aliphatic carbocycles. The van der Waals surface area contributed by atoms with Crippen molar-refractivity contribution in [1.82, 2.24) is 0 Å². The number of carbonyl (C=O) groups excluding carboxylic acids is 1. The van der Waals surface area contributed by atoms with E-state index in [4.69, 9.17) is 5.53 Å². The Bertz CT molecular complexity index is 208. The minimum atomic E-state index is 0.368. The van der Waals surface area contributed by atoms with Gasteiger partial charge in [-0.1, -0.05) is 5.11 Å². The van der Waals surface area contributed by atoms with Crippen LogP contribution in [0.5, 0.6) is 0 Å². The zero-order valence-corrected chi connectivity index (χ0v) is 7.07. The summed E-state index contributed by atoms with van der Waals surface area (Å²) >= 11 is 0. The number of hydrogen-bond acceptors (Lipinski definition) is 2.